The Morgan fingerprint density at radius 1 is 1.26 bits per heavy atom. The molecule has 1 unspecified atom stereocenters. The molecule has 0 bridgehead atoms. The molecule has 1 aromatic heterocycles. The van der Waals surface area contributed by atoms with E-state index in [0.29, 0.717) is 13.2 Å². The van der Waals surface area contributed by atoms with Gasteiger partial charge < -0.3 is 9.64 Å². The second kappa shape index (κ2) is 6.97. The van der Waals surface area contributed by atoms with Gasteiger partial charge in [-0.15, -0.1) is 0 Å². The Bertz CT molecular complexity index is 534. The zero-order chi connectivity index (χ0) is 16.3. The minimum Gasteiger partial charge on any atom is -0.362 e. The Morgan fingerprint density at radius 3 is 2.78 bits per heavy atom. The van der Waals surface area contributed by atoms with Crippen LogP contribution in [-0.2, 0) is 16.1 Å². The summed E-state index contributed by atoms with van der Waals surface area (Å²) in [5, 5.41) is 0. The van der Waals surface area contributed by atoms with Crippen molar-refractivity contribution in [2.45, 2.75) is 51.3 Å². The molecule has 1 spiro atoms. The monoisotopic (exact) mass is 317 g/mol. The van der Waals surface area contributed by atoms with Crippen LogP contribution in [0, 0.1) is 0 Å². The molecule has 126 valence electrons. The SMILES string of the molecule is CC(C)N1CCCCC2(CN(Cc3ccncc3)CCO2)C1=O. The van der Waals surface area contributed by atoms with Crippen LogP contribution in [0.5, 0.6) is 0 Å². The molecular formula is C18H27N3O2. The van der Waals surface area contributed by atoms with Crippen LogP contribution < -0.4 is 0 Å². The van der Waals surface area contributed by atoms with Crippen LogP contribution in [0.15, 0.2) is 24.5 Å². The second-order valence-electron chi connectivity index (χ2n) is 6.96. The van der Waals surface area contributed by atoms with E-state index < -0.39 is 5.60 Å². The Kier molecular flexibility index (Phi) is 4.97. The standard InChI is InChI=1S/C18H27N3O2/c1-15(2)21-10-4-3-7-18(17(21)22)14-20(11-12-23-18)13-16-5-8-19-9-6-16/h5-6,8-9,15H,3-4,7,10-14H2,1-2H3. The van der Waals surface area contributed by atoms with E-state index in [2.05, 4.69) is 23.7 Å². The fourth-order valence-electron chi connectivity index (χ4n) is 3.67. The highest BCUT2D eigenvalue weighted by Crippen LogP contribution is 2.31. The highest BCUT2D eigenvalue weighted by molar-refractivity contribution is 5.86. The lowest BCUT2D eigenvalue weighted by molar-refractivity contribution is -0.172. The van der Waals surface area contributed by atoms with Gasteiger partial charge in [0.1, 0.15) is 0 Å². The Hall–Kier alpha value is -1.46. The van der Waals surface area contributed by atoms with Crippen LogP contribution in [0.25, 0.3) is 0 Å². The first-order valence-corrected chi connectivity index (χ1v) is 8.67. The fraction of sp³-hybridized carbons (Fsp3) is 0.667. The van der Waals surface area contributed by atoms with E-state index in [1.54, 1.807) is 0 Å². The number of amides is 1. The third-order valence-corrected chi connectivity index (χ3v) is 4.92. The lowest BCUT2D eigenvalue weighted by Gasteiger charge is -2.43. The molecule has 2 saturated heterocycles. The molecule has 1 amide bonds. The van der Waals surface area contributed by atoms with Gasteiger partial charge in [-0.25, -0.2) is 0 Å². The number of carbonyl (C=O) groups is 1. The number of hydrogen-bond donors (Lipinski definition) is 0. The molecule has 0 aliphatic carbocycles. The topological polar surface area (TPSA) is 45.7 Å². The molecule has 3 rings (SSSR count). The van der Waals surface area contributed by atoms with Gasteiger partial charge in [-0.05, 0) is 50.8 Å². The van der Waals surface area contributed by atoms with Crippen molar-refractivity contribution in [1.82, 2.24) is 14.8 Å². The smallest absolute Gasteiger partial charge is 0.256 e. The molecule has 2 aliphatic heterocycles. The first kappa shape index (κ1) is 16.4. The van der Waals surface area contributed by atoms with Gasteiger partial charge in [0.2, 0.25) is 0 Å². The number of morpholine rings is 1. The van der Waals surface area contributed by atoms with Crippen molar-refractivity contribution in [2.24, 2.45) is 0 Å². The lowest BCUT2D eigenvalue weighted by Crippen LogP contribution is -2.60. The van der Waals surface area contributed by atoms with E-state index in [1.165, 1.54) is 5.56 Å². The summed E-state index contributed by atoms with van der Waals surface area (Å²) >= 11 is 0. The van der Waals surface area contributed by atoms with Crippen LogP contribution in [-0.4, -0.2) is 58.6 Å². The van der Waals surface area contributed by atoms with Crippen molar-refractivity contribution < 1.29 is 9.53 Å². The number of aromatic nitrogens is 1. The summed E-state index contributed by atoms with van der Waals surface area (Å²) in [7, 11) is 0. The number of ether oxygens (including phenoxy) is 1. The van der Waals surface area contributed by atoms with Crippen molar-refractivity contribution in [3.8, 4) is 0 Å². The number of pyridine rings is 1. The van der Waals surface area contributed by atoms with Crippen LogP contribution >= 0.6 is 0 Å². The Labute approximate surface area is 138 Å². The summed E-state index contributed by atoms with van der Waals surface area (Å²) in [5.41, 5.74) is 0.588. The molecule has 0 saturated carbocycles. The molecule has 0 aromatic carbocycles. The molecule has 2 aliphatic rings. The average molecular weight is 317 g/mol. The average Bonchev–Trinajstić information content (AvgIpc) is 2.69. The van der Waals surface area contributed by atoms with Gasteiger partial charge in [0, 0.05) is 44.6 Å². The zero-order valence-corrected chi connectivity index (χ0v) is 14.2. The maximum atomic E-state index is 13.1. The van der Waals surface area contributed by atoms with Gasteiger partial charge >= 0.3 is 0 Å². The van der Waals surface area contributed by atoms with E-state index in [1.807, 2.05) is 29.4 Å². The first-order valence-electron chi connectivity index (χ1n) is 8.67. The van der Waals surface area contributed by atoms with Gasteiger partial charge in [0.05, 0.1) is 6.61 Å². The summed E-state index contributed by atoms with van der Waals surface area (Å²) in [6.07, 6.45) is 6.60. The highest BCUT2D eigenvalue weighted by atomic mass is 16.5. The van der Waals surface area contributed by atoms with E-state index in [4.69, 9.17) is 4.74 Å². The van der Waals surface area contributed by atoms with Crippen LogP contribution in [0.2, 0.25) is 0 Å². The normalized spacial score (nSPS) is 26.7. The molecule has 23 heavy (non-hydrogen) atoms. The summed E-state index contributed by atoms with van der Waals surface area (Å²) in [4.78, 5) is 21.5. The number of likely N-dealkylation sites (tertiary alicyclic amines) is 1. The molecule has 1 atom stereocenters. The third-order valence-electron chi connectivity index (χ3n) is 4.92. The van der Waals surface area contributed by atoms with Crippen molar-refractivity contribution in [3.63, 3.8) is 0 Å². The summed E-state index contributed by atoms with van der Waals surface area (Å²) in [6.45, 7) is 8.08. The van der Waals surface area contributed by atoms with Gasteiger partial charge in [-0.3, -0.25) is 14.7 Å². The zero-order valence-electron chi connectivity index (χ0n) is 14.2. The van der Waals surface area contributed by atoms with Gasteiger partial charge in [0.15, 0.2) is 5.60 Å². The van der Waals surface area contributed by atoms with Crippen LogP contribution in [0.3, 0.4) is 0 Å². The summed E-state index contributed by atoms with van der Waals surface area (Å²) < 4.78 is 6.10. The van der Waals surface area contributed by atoms with Gasteiger partial charge in [-0.2, -0.15) is 0 Å². The first-order chi connectivity index (χ1) is 11.1. The van der Waals surface area contributed by atoms with E-state index in [0.717, 1.165) is 38.9 Å². The van der Waals surface area contributed by atoms with Gasteiger partial charge in [-0.1, -0.05) is 0 Å². The molecule has 5 heteroatoms. The number of nitrogens with zero attached hydrogens (tertiary/aromatic N) is 3. The van der Waals surface area contributed by atoms with Crippen molar-refractivity contribution in [3.05, 3.63) is 30.1 Å². The van der Waals surface area contributed by atoms with E-state index in [-0.39, 0.29) is 11.9 Å². The van der Waals surface area contributed by atoms with Crippen molar-refractivity contribution in [2.75, 3.05) is 26.2 Å². The van der Waals surface area contributed by atoms with E-state index >= 15 is 0 Å². The van der Waals surface area contributed by atoms with Gasteiger partial charge in [0.25, 0.3) is 5.91 Å². The molecule has 1 aromatic rings. The maximum absolute atomic E-state index is 13.1. The molecule has 0 radical (unpaired) electrons. The quantitative estimate of drug-likeness (QED) is 0.856. The number of rotatable bonds is 3. The predicted octanol–water partition coefficient (Wildman–Crippen LogP) is 2.07. The molecular weight excluding hydrogens is 290 g/mol. The minimum atomic E-state index is -0.647. The minimum absolute atomic E-state index is 0.185. The second-order valence-corrected chi connectivity index (χ2v) is 6.96. The predicted molar refractivity (Wildman–Crippen MR) is 88.9 cm³/mol. The molecule has 0 N–H and O–H groups in total. The number of carbonyl (C=O) groups excluding carboxylic acids is 1. The maximum Gasteiger partial charge on any atom is 0.256 e. The molecule has 5 nitrogen and oxygen atoms in total. The largest absolute Gasteiger partial charge is 0.362 e. The highest BCUT2D eigenvalue weighted by Gasteiger charge is 2.47. The van der Waals surface area contributed by atoms with Crippen molar-refractivity contribution >= 4 is 5.91 Å². The van der Waals surface area contributed by atoms with Crippen LogP contribution in [0.4, 0.5) is 0 Å². The van der Waals surface area contributed by atoms with Crippen molar-refractivity contribution in [1.29, 1.82) is 0 Å². The van der Waals surface area contributed by atoms with E-state index in [9.17, 15) is 4.79 Å². The number of hydrogen-bond acceptors (Lipinski definition) is 4. The summed E-state index contributed by atoms with van der Waals surface area (Å²) in [6, 6.07) is 4.31. The Balaban J connectivity index is 1.76. The van der Waals surface area contributed by atoms with Crippen LogP contribution in [0.1, 0.15) is 38.7 Å². The fourth-order valence-corrected chi connectivity index (χ4v) is 3.67. The third kappa shape index (κ3) is 3.56. The Morgan fingerprint density at radius 2 is 2.04 bits per heavy atom. The molecule has 2 fully saturated rings. The lowest BCUT2D eigenvalue weighted by atomic mass is 9.93. The summed E-state index contributed by atoms with van der Waals surface area (Å²) in [5.74, 6) is 0.185. The molecule has 3 heterocycles.